The molecule has 0 aromatic heterocycles. The number of sulfone groups is 1. The molecule has 8 heteroatoms. The molecule has 0 bridgehead atoms. The monoisotopic (exact) mass is 399 g/mol. The summed E-state index contributed by atoms with van der Waals surface area (Å²) in [5, 5.41) is 12.0. The molecule has 1 atom stereocenters. The summed E-state index contributed by atoms with van der Waals surface area (Å²) in [7, 11) is -3.85. The van der Waals surface area contributed by atoms with Crippen LogP contribution in [-0.4, -0.2) is 48.2 Å². The number of carboxylic acids is 1. The fraction of sp³-hybridized carbons (Fsp3) is 0.579. The number of carbonyl (C=O) groups excluding carboxylic acids is 1. The Balaban J connectivity index is 2.82. The smallest absolute Gasteiger partial charge is 0.407 e. The first-order valence-electron chi connectivity index (χ1n) is 8.67. The van der Waals surface area contributed by atoms with Gasteiger partial charge in [-0.1, -0.05) is 30.3 Å². The Morgan fingerprint density at radius 1 is 1.11 bits per heavy atom. The average molecular weight is 400 g/mol. The van der Waals surface area contributed by atoms with Crippen molar-refractivity contribution in [1.82, 2.24) is 5.32 Å². The van der Waals surface area contributed by atoms with Crippen molar-refractivity contribution in [2.24, 2.45) is 5.92 Å². The zero-order chi connectivity index (χ0) is 20.9. The third-order valence-electron chi connectivity index (χ3n) is 3.96. The normalized spacial score (nSPS) is 13.7. The van der Waals surface area contributed by atoms with Gasteiger partial charge in [0.15, 0.2) is 9.84 Å². The fourth-order valence-corrected chi connectivity index (χ4v) is 3.76. The molecule has 0 aliphatic carbocycles. The summed E-state index contributed by atoms with van der Waals surface area (Å²) in [5.74, 6) is -2.79. The maximum absolute atomic E-state index is 12.8. The Hall–Kier alpha value is -2.09. The molecule has 0 fully saturated rings. The minimum atomic E-state index is -3.85. The molecule has 0 aliphatic rings. The van der Waals surface area contributed by atoms with Crippen LogP contribution in [0.3, 0.4) is 0 Å². The van der Waals surface area contributed by atoms with E-state index in [0.717, 1.165) is 5.56 Å². The number of amides is 1. The van der Waals surface area contributed by atoms with Gasteiger partial charge in [0.25, 0.3) is 0 Å². The number of hydrogen-bond donors (Lipinski definition) is 2. The summed E-state index contributed by atoms with van der Waals surface area (Å²) in [6.45, 7) is 7.81. The van der Waals surface area contributed by atoms with Crippen LogP contribution < -0.4 is 5.32 Å². The first-order valence-corrected chi connectivity index (χ1v) is 10.3. The molecule has 152 valence electrons. The van der Waals surface area contributed by atoms with Gasteiger partial charge in [0.2, 0.25) is 0 Å². The van der Waals surface area contributed by atoms with Crippen LogP contribution in [0.25, 0.3) is 0 Å². The maximum Gasteiger partial charge on any atom is 0.407 e. The minimum absolute atomic E-state index is 0.108. The fourth-order valence-electron chi connectivity index (χ4n) is 2.28. The standard InChI is InChI=1S/C19H29NO6S/c1-18(2,3)20-17(23)26-13-19(4,5)27(24,25)12-15(16(21)22)11-14-9-7-6-8-10-14/h6-10,15H,11-13H2,1-5H3,(H,20,23)(H,21,22). The number of alkyl carbamates (subject to hydrolysis) is 1. The predicted molar refractivity (Wildman–Crippen MR) is 103 cm³/mol. The van der Waals surface area contributed by atoms with Gasteiger partial charge in [-0.05, 0) is 46.6 Å². The van der Waals surface area contributed by atoms with Crippen LogP contribution in [0.4, 0.5) is 4.79 Å². The molecule has 0 radical (unpaired) electrons. The summed E-state index contributed by atoms with van der Waals surface area (Å²) >= 11 is 0. The lowest BCUT2D eigenvalue weighted by molar-refractivity contribution is -0.140. The molecule has 1 amide bonds. The maximum atomic E-state index is 12.8. The average Bonchev–Trinajstić information content (AvgIpc) is 2.51. The number of carbonyl (C=O) groups is 2. The molecular formula is C19H29NO6S. The van der Waals surface area contributed by atoms with E-state index in [1.807, 2.05) is 0 Å². The van der Waals surface area contributed by atoms with Gasteiger partial charge in [0.05, 0.1) is 11.7 Å². The molecule has 0 aliphatic heterocycles. The predicted octanol–water partition coefficient (Wildman–Crippen LogP) is 2.65. The molecule has 7 nitrogen and oxygen atoms in total. The van der Waals surface area contributed by atoms with Crippen LogP contribution in [-0.2, 0) is 25.8 Å². The molecule has 0 saturated heterocycles. The second-order valence-electron chi connectivity index (χ2n) is 8.22. The van der Waals surface area contributed by atoms with Gasteiger partial charge in [-0.15, -0.1) is 0 Å². The lowest BCUT2D eigenvalue weighted by Gasteiger charge is -2.27. The molecule has 0 spiro atoms. The van der Waals surface area contributed by atoms with E-state index in [9.17, 15) is 23.1 Å². The zero-order valence-electron chi connectivity index (χ0n) is 16.5. The molecule has 1 unspecified atom stereocenters. The Kier molecular flexibility index (Phi) is 7.42. The number of ether oxygens (including phenoxy) is 1. The highest BCUT2D eigenvalue weighted by Gasteiger charge is 2.39. The van der Waals surface area contributed by atoms with Crippen molar-refractivity contribution in [3.63, 3.8) is 0 Å². The first kappa shape index (κ1) is 23.0. The van der Waals surface area contributed by atoms with E-state index in [4.69, 9.17) is 4.74 Å². The van der Waals surface area contributed by atoms with E-state index < -0.39 is 43.9 Å². The van der Waals surface area contributed by atoms with Crippen molar-refractivity contribution in [1.29, 1.82) is 0 Å². The van der Waals surface area contributed by atoms with Crippen molar-refractivity contribution < 1.29 is 27.9 Å². The lowest BCUT2D eigenvalue weighted by atomic mass is 10.0. The topological polar surface area (TPSA) is 110 Å². The summed E-state index contributed by atoms with van der Waals surface area (Å²) in [4.78, 5) is 23.4. The third kappa shape index (κ3) is 7.58. The summed E-state index contributed by atoms with van der Waals surface area (Å²) < 4.78 is 29.2. The third-order valence-corrected chi connectivity index (χ3v) is 6.61. The number of rotatable bonds is 8. The molecule has 27 heavy (non-hydrogen) atoms. The first-order chi connectivity index (χ1) is 12.2. The Labute approximate surface area is 161 Å². The van der Waals surface area contributed by atoms with Crippen molar-refractivity contribution in [2.75, 3.05) is 12.4 Å². The van der Waals surface area contributed by atoms with Crippen LogP contribution in [0.15, 0.2) is 30.3 Å². The van der Waals surface area contributed by atoms with Crippen molar-refractivity contribution in [2.45, 2.75) is 51.3 Å². The van der Waals surface area contributed by atoms with Crippen LogP contribution >= 0.6 is 0 Å². The summed E-state index contributed by atoms with van der Waals surface area (Å²) in [6.07, 6.45) is -0.610. The van der Waals surface area contributed by atoms with Gasteiger partial charge < -0.3 is 15.2 Å². The molecule has 1 rings (SSSR count). The Morgan fingerprint density at radius 3 is 2.15 bits per heavy atom. The van der Waals surface area contributed by atoms with E-state index in [1.54, 1.807) is 51.1 Å². The van der Waals surface area contributed by atoms with Crippen molar-refractivity contribution >= 4 is 21.9 Å². The molecule has 0 saturated carbocycles. The van der Waals surface area contributed by atoms with Crippen molar-refractivity contribution in [3.8, 4) is 0 Å². The number of carboxylic acid groups (broad SMARTS) is 1. The zero-order valence-corrected chi connectivity index (χ0v) is 17.3. The highest BCUT2D eigenvalue weighted by Crippen LogP contribution is 2.22. The Bertz CT molecular complexity index is 750. The van der Waals surface area contributed by atoms with Crippen LogP contribution in [0, 0.1) is 5.92 Å². The van der Waals surface area contributed by atoms with E-state index in [1.165, 1.54) is 13.8 Å². The molecule has 2 N–H and O–H groups in total. The van der Waals surface area contributed by atoms with Crippen LogP contribution in [0.2, 0.25) is 0 Å². The minimum Gasteiger partial charge on any atom is -0.481 e. The van der Waals surface area contributed by atoms with Gasteiger partial charge in [-0.25, -0.2) is 13.2 Å². The van der Waals surface area contributed by atoms with Gasteiger partial charge >= 0.3 is 12.1 Å². The SMILES string of the molecule is CC(C)(C)NC(=O)OCC(C)(C)S(=O)(=O)CC(Cc1ccccc1)C(=O)O. The summed E-state index contributed by atoms with van der Waals surface area (Å²) in [5.41, 5.74) is 0.239. The number of aliphatic carboxylic acids is 1. The highest BCUT2D eigenvalue weighted by atomic mass is 32.2. The van der Waals surface area contributed by atoms with Gasteiger partial charge in [0, 0.05) is 5.54 Å². The van der Waals surface area contributed by atoms with E-state index in [0.29, 0.717) is 0 Å². The van der Waals surface area contributed by atoms with Crippen LogP contribution in [0.1, 0.15) is 40.2 Å². The number of nitrogens with one attached hydrogen (secondary N) is 1. The van der Waals surface area contributed by atoms with E-state index >= 15 is 0 Å². The molecule has 0 heterocycles. The molecular weight excluding hydrogens is 370 g/mol. The van der Waals surface area contributed by atoms with Gasteiger partial charge in [0.1, 0.15) is 11.4 Å². The summed E-state index contributed by atoms with van der Waals surface area (Å²) in [6, 6.07) is 8.86. The number of hydrogen-bond acceptors (Lipinski definition) is 5. The van der Waals surface area contributed by atoms with Crippen LogP contribution in [0.5, 0.6) is 0 Å². The van der Waals surface area contributed by atoms with E-state index in [-0.39, 0.29) is 13.0 Å². The second-order valence-corrected chi connectivity index (χ2v) is 10.9. The van der Waals surface area contributed by atoms with Gasteiger partial charge in [-0.2, -0.15) is 0 Å². The largest absolute Gasteiger partial charge is 0.481 e. The second kappa shape index (κ2) is 8.73. The highest BCUT2D eigenvalue weighted by molar-refractivity contribution is 7.92. The Morgan fingerprint density at radius 2 is 1.67 bits per heavy atom. The molecule has 1 aromatic rings. The quantitative estimate of drug-likeness (QED) is 0.695. The lowest BCUT2D eigenvalue weighted by Crippen LogP contribution is -2.46. The molecule has 1 aromatic carbocycles. The van der Waals surface area contributed by atoms with E-state index in [2.05, 4.69) is 5.32 Å². The van der Waals surface area contributed by atoms with Gasteiger partial charge in [-0.3, -0.25) is 4.79 Å². The number of benzene rings is 1. The van der Waals surface area contributed by atoms with Crippen molar-refractivity contribution in [3.05, 3.63) is 35.9 Å².